The molecule has 0 bridgehead atoms. The minimum atomic E-state index is -2.26. The first-order valence-electron chi connectivity index (χ1n) is 13.9. The zero-order chi connectivity index (χ0) is 28.5. The second-order valence-corrected chi connectivity index (χ2v) is 11.8. The Labute approximate surface area is 227 Å². The van der Waals surface area contributed by atoms with Gasteiger partial charge in [-0.25, -0.2) is 9.59 Å². The minimum absolute atomic E-state index is 0.0223. The predicted octanol–water partition coefficient (Wildman–Crippen LogP) is 3.42. The first-order valence-corrected chi connectivity index (χ1v) is 13.9. The molecule has 4 atom stereocenters. The Balaban J connectivity index is 2.52. The normalized spacial score (nSPS) is 19.4. The van der Waals surface area contributed by atoms with E-state index in [0.717, 1.165) is 25.7 Å². The fraction of sp³-hybridized carbons (Fsp3) is 0.724. The fourth-order valence-electron chi connectivity index (χ4n) is 5.35. The molecule has 9 heteroatoms. The van der Waals surface area contributed by atoms with Crippen molar-refractivity contribution in [1.82, 2.24) is 9.80 Å². The molecule has 2 rings (SSSR count). The van der Waals surface area contributed by atoms with Crippen molar-refractivity contribution < 1.29 is 29.6 Å². The van der Waals surface area contributed by atoms with Crippen LogP contribution >= 0.6 is 0 Å². The largest absolute Gasteiger partial charge is 0.478 e. The number of carboxylic acids is 1. The zero-order valence-electron chi connectivity index (χ0n) is 23.8. The van der Waals surface area contributed by atoms with Gasteiger partial charge < -0.3 is 35.6 Å². The summed E-state index contributed by atoms with van der Waals surface area (Å²) in [5, 5.41) is 34.1. The third kappa shape index (κ3) is 8.40. The number of aliphatic hydroxyl groups is 2. The van der Waals surface area contributed by atoms with Crippen LogP contribution in [0.5, 0.6) is 0 Å². The smallest absolute Gasteiger partial charge is 0.411 e. The van der Waals surface area contributed by atoms with Gasteiger partial charge in [0, 0.05) is 38.2 Å². The van der Waals surface area contributed by atoms with E-state index in [1.807, 2.05) is 32.8 Å². The highest BCUT2D eigenvalue weighted by atomic mass is 16.6. The van der Waals surface area contributed by atoms with Gasteiger partial charge in [0.2, 0.25) is 5.60 Å². The van der Waals surface area contributed by atoms with Crippen molar-refractivity contribution in [3.63, 3.8) is 0 Å². The molecule has 1 fully saturated rings. The van der Waals surface area contributed by atoms with E-state index < -0.39 is 41.8 Å². The van der Waals surface area contributed by atoms with Crippen LogP contribution in [0.2, 0.25) is 0 Å². The van der Waals surface area contributed by atoms with Gasteiger partial charge in [0.25, 0.3) is 0 Å². The number of carboxylic acid groups (broad SMARTS) is 1. The molecule has 1 aromatic carbocycles. The van der Waals surface area contributed by atoms with E-state index in [4.69, 9.17) is 10.5 Å². The number of aliphatic hydroxyl groups excluding tert-OH is 1. The number of aliphatic carboxylic acids is 1. The van der Waals surface area contributed by atoms with Gasteiger partial charge in [0.05, 0.1) is 6.10 Å². The fourth-order valence-corrected chi connectivity index (χ4v) is 5.35. The highest BCUT2D eigenvalue weighted by Crippen LogP contribution is 2.41. The van der Waals surface area contributed by atoms with E-state index in [-0.39, 0.29) is 23.8 Å². The van der Waals surface area contributed by atoms with Gasteiger partial charge in [-0.15, -0.1) is 0 Å². The topological polar surface area (TPSA) is 137 Å². The van der Waals surface area contributed by atoms with Crippen LogP contribution in [0.15, 0.2) is 30.3 Å². The Morgan fingerprint density at radius 3 is 2.21 bits per heavy atom. The molecule has 0 spiro atoms. The molecule has 5 N–H and O–H groups in total. The number of ether oxygens (including phenoxy) is 1. The Kier molecular flexibility index (Phi) is 12.0. The SMILES string of the molecule is CC(C)C[C@H](O)[C@@](O)(CC(OC(=O)N(C)CCN(C)C)(C(=O)O)c1ccccc1)[C@@H](N)CC1CCCCC1. The van der Waals surface area contributed by atoms with Crippen LogP contribution in [0.3, 0.4) is 0 Å². The molecule has 1 saturated carbocycles. The number of rotatable bonds is 14. The molecule has 0 aromatic heterocycles. The summed E-state index contributed by atoms with van der Waals surface area (Å²) < 4.78 is 5.81. The van der Waals surface area contributed by atoms with Crippen LogP contribution in [-0.2, 0) is 15.1 Å². The first-order chi connectivity index (χ1) is 17.8. The number of likely N-dealkylation sites (N-methyl/N-ethyl adjacent to an activating group) is 2. The lowest BCUT2D eigenvalue weighted by Crippen LogP contribution is -2.62. The van der Waals surface area contributed by atoms with Gasteiger partial charge in [-0.05, 0) is 38.8 Å². The molecule has 38 heavy (non-hydrogen) atoms. The zero-order valence-corrected chi connectivity index (χ0v) is 23.8. The van der Waals surface area contributed by atoms with Gasteiger partial charge in [0.1, 0.15) is 5.60 Å². The quantitative estimate of drug-likeness (QED) is 0.284. The summed E-state index contributed by atoms with van der Waals surface area (Å²) >= 11 is 0. The number of hydrogen-bond donors (Lipinski definition) is 4. The number of benzene rings is 1. The molecule has 0 heterocycles. The van der Waals surface area contributed by atoms with E-state index >= 15 is 0 Å². The standard InChI is InChI=1S/C29H49N3O6/c1-21(2)18-25(33)28(37,24(30)19-22-12-8-6-9-13-22)20-29(26(34)35,23-14-10-7-11-15-23)38-27(36)32(5)17-16-31(3)4/h7,10-11,14-15,21-22,24-25,33,37H,6,8-9,12-13,16-20,30H2,1-5H3,(H,34,35)/t24-,25-,28+,29?/m0/s1. The van der Waals surface area contributed by atoms with Gasteiger partial charge >= 0.3 is 12.1 Å². The van der Waals surface area contributed by atoms with E-state index in [2.05, 4.69) is 0 Å². The molecule has 0 saturated heterocycles. The molecule has 1 aromatic rings. The van der Waals surface area contributed by atoms with Crippen LogP contribution in [0.25, 0.3) is 0 Å². The molecule has 216 valence electrons. The number of hydrogen-bond acceptors (Lipinski definition) is 7. The van der Waals surface area contributed by atoms with Gasteiger partial charge in [-0.3, -0.25) is 0 Å². The highest BCUT2D eigenvalue weighted by Gasteiger charge is 2.55. The lowest BCUT2D eigenvalue weighted by molar-refractivity contribution is -0.182. The number of nitrogens with zero attached hydrogens (tertiary/aromatic N) is 2. The van der Waals surface area contributed by atoms with Crippen LogP contribution < -0.4 is 5.73 Å². The second kappa shape index (κ2) is 14.3. The van der Waals surface area contributed by atoms with E-state index in [1.165, 1.54) is 18.4 Å². The molecular formula is C29H49N3O6. The Hall–Kier alpha value is -2.20. The van der Waals surface area contributed by atoms with Crippen molar-refractivity contribution in [3.05, 3.63) is 35.9 Å². The lowest BCUT2D eigenvalue weighted by Gasteiger charge is -2.45. The Morgan fingerprint density at radius 2 is 1.68 bits per heavy atom. The maximum absolute atomic E-state index is 13.2. The van der Waals surface area contributed by atoms with E-state index in [9.17, 15) is 24.9 Å². The summed E-state index contributed by atoms with van der Waals surface area (Å²) in [6.45, 7) is 4.70. The number of carbonyl (C=O) groups excluding carboxylic acids is 1. The maximum atomic E-state index is 13.2. The Morgan fingerprint density at radius 1 is 1.08 bits per heavy atom. The molecule has 0 aliphatic heterocycles. The third-order valence-electron chi connectivity index (χ3n) is 7.80. The number of amides is 1. The highest BCUT2D eigenvalue weighted by molar-refractivity contribution is 5.83. The van der Waals surface area contributed by atoms with Crippen molar-refractivity contribution in [3.8, 4) is 0 Å². The number of nitrogens with two attached hydrogens (primary N) is 1. The number of carbonyl (C=O) groups is 2. The summed E-state index contributed by atoms with van der Waals surface area (Å²) in [7, 11) is 5.28. The summed E-state index contributed by atoms with van der Waals surface area (Å²) in [6.07, 6.45) is 3.26. The second-order valence-electron chi connectivity index (χ2n) is 11.8. The van der Waals surface area contributed by atoms with Crippen molar-refractivity contribution in [2.24, 2.45) is 17.6 Å². The Bertz CT molecular complexity index is 876. The van der Waals surface area contributed by atoms with Crippen LogP contribution in [0.1, 0.15) is 70.8 Å². The monoisotopic (exact) mass is 535 g/mol. The van der Waals surface area contributed by atoms with Crippen molar-refractivity contribution in [2.75, 3.05) is 34.2 Å². The maximum Gasteiger partial charge on any atom is 0.411 e. The summed E-state index contributed by atoms with van der Waals surface area (Å²) in [5.41, 5.74) is 2.58. The average Bonchev–Trinajstić information content (AvgIpc) is 2.87. The molecular weight excluding hydrogens is 486 g/mol. The lowest BCUT2D eigenvalue weighted by atomic mass is 9.71. The molecule has 1 amide bonds. The van der Waals surface area contributed by atoms with Crippen molar-refractivity contribution in [2.45, 2.75) is 88.6 Å². The third-order valence-corrected chi connectivity index (χ3v) is 7.80. The first kappa shape index (κ1) is 32.0. The van der Waals surface area contributed by atoms with Gasteiger partial charge in [0.15, 0.2) is 0 Å². The van der Waals surface area contributed by atoms with Gasteiger partial charge in [-0.2, -0.15) is 0 Å². The minimum Gasteiger partial charge on any atom is -0.478 e. The van der Waals surface area contributed by atoms with Gasteiger partial charge in [-0.1, -0.05) is 76.3 Å². The van der Waals surface area contributed by atoms with Crippen molar-refractivity contribution >= 4 is 12.1 Å². The summed E-state index contributed by atoms with van der Waals surface area (Å²) in [5.74, 6) is -1.13. The van der Waals surface area contributed by atoms with E-state index in [0.29, 0.717) is 19.5 Å². The molecule has 1 unspecified atom stereocenters. The summed E-state index contributed by atoms with van der Waals surface area (Å²) in [6, 6.07) is 7.25. The molecule has 0 radical (unpaired) electrons. The predicted molar refractivity (Wildman–Crippen MR) is 148 cm³/mol. The molecule has 1 aliphatic rings. The van der Waals surface area contributed by atoms with Crippen molar-refractivity contribution in [1.29, 1.82) is 0 Å². The molecule has 1 aliphatic carbocycles. The van der Waals surface area contributed by atoms with E-state index in [1.54, 1.807) is 30.3 Å². The summed E-state index contributed by atoms with van der Waals surface area (Å²) in [4.78, 5) is 29.5. The molecule has 9 nitrogen and oxygen atoms in total. The van der Waals surface area contributed by atoms with Crippen LogP contribution in [0.4, 0.5) is 4.79 Å². The average molecular weight is 536 g/mol. The van der Waals surface area contributed by atoms with Crippen LogP contribution in [0, 0.1) is 11.8 Å². The van der Waals surface area contributed by atoms with Crippen LogP contribution in [-0.4, -0.2) is 89.2 Å².